The van der Waals surface area contributed by atoms with Crippen LogP contribution >= 0.6 is 0 Å². The first-order valence-electron chi connectivity index (χ1n) is 9.48. The van der Waals surface area contributed by atoms with Crippen LogP contribution in [0.3, 0.4) is 0 Å². The number of rotatable bonds is 9. The van der Waals surface area contributed by atoms with Crippen LogP contribution in [0.5, 0.6) is 5.75 Å². The lowest BCUT2D eigenvalue weighted by Gasteiger charge is -2.18. The van der Waals surface area contributed by atoms with Gasteiger partial charge in [-0.25, -0.2) is 0 Å². The van der Waals surface area contributed by atoms with Crippen molar-refractivity contribution in [3.63, 3.8) is 0 Å². The number of amides is 1. The van der Waals surface area contributed by atoms with Gasteiger partial charge in [0.15, 0.2) is 0 Å². The molecule has 0 unspecified atom stereocenters. The van der Waals surface area contributed by atoms with Gasteiger partial charge in [-0.3, -0.25) is 24.6 Å². The summed E-state index contributed by atoms with van der Waals surface area (Å²) < 4.78 is 5.97. The molecule has 1 aromatic carbocycles. The Bertz CT molecular complexity index is 905. The van der Waals surface area contributed by atoms with Crippen LogP contribution < -0.4 is 10.1 Å². The number of hydrogen-bond acceptors (Lipinski definition) is 6. The van der Waals surface area contributed by atoms with Crippen LogP contribution in [-0.4, -0.2) is 45.5 Å². The van der Waals surface area contributed by atoms with Gasteiger partial charge in [-0.05, 0) is 43.8 Å². The molecule has 1 N–H and O–H groups in total. The average molecular weight is 391 g/mol. The molecule has 0 aliphatic carbocycles. The first-order valence-corrected chi connectivity index (χ1v) is 9.48. The molecule has 2 aromatic heterocycles. The highest BCUT2D eigenvalue weighted by molar-refractivity contribution is 5.92. The van der Waals surface area contributed by atoms with E-state index in [1.165, 1.54) is 0 Å². The maximum atomic E-state index is 12.1. The topological polar surface area (TPSA) is 80.2 Å². The molecule has 0 bridgehead atoms. The Kier molecular flexibility index (Phi) is 7.24. The number of nitrogens with one attached hydrogen (secondary N) is 1. The Labute approximate surface area is 170 Å². The molecule has 29 heavy (non-hydrogen) atoms. The van der Waals surface area contributed by atoms with Crippen molar-refractivity contribution in [2.24, 2.45) is 0 Å². The number of benzene rings is 1. The van der Waals surface area contributed by atoms with Crippen molar-refractivity contribution in [1.29, 1.82) is 0 Å². The highest BCUT2D eigenvalue weighted by atomic mass is 16.5. The molecule has 0 saturated carbocycles. The van der Waals surface area contributed by atoms with Gasteiger partial charge in [0.1, 0.15) is 17.5 Å². The normalized spacial score (nSPS) is 11.8. The SMILES string of the molecule is C[C@@H](CNC(=O)c1ccccn1)Oc1cccc(CN(C)Cc2cnccn2)c1. The quantitative estimate of drug-likeness (QED) is 0.604. The molecule has 0 aliphatic rings. The van der Waals surface area contributed by atoms with Gasteiger partial charge < -0.3 is 10.1 Å². The minimum atomic E-state index is -0.208. The van der Waals surface area contributed by atoms with Gasteiger partial charge in [0.05, 0.1) is 12.2 Å². The van der Waals surface area contributed by atoms with Crippen molar-refractivity contribution in [3.05, 3.63) is 84.2 Å². The smallest absolute Gasteiger partial charge is 0.270 e. The average Bonchev–Trinajstić information content (AvgIpc) is 2.73. The van der Waals surface area contributed by atoms with Gasteiger partial charge in [0.25, 0.3) is 5.91 Å². The van der Waals surface area contributed by atoms with Crippen molar-refractivity contribution in [2.45, 2.75) is 26.1 Å². The fourth-order valence-electron chi connectivity index (χ4n) is 2.87. The summed E-state index contributed by atoms with van der Waals surface area (Å²) >= 11 is 0. The number of aromatic nitrogens is 3. The first-order chi connectivity index (χ1) is 14.1. The van der Waals surface area contributed by atoms with Crippen LogP contribution in [0.15, 0.2) is 67.3 Å². The predicted octanol–water partition coefficient (Wildman–Crippen LogP) is 2.70. The van der Waals surface area contributed by atoms with E-state index in [2.05, 4.69) is 31.2 Å². The number of carbonyl (C=O) groups is 1. The number of hydrogen-bond donors (Lipinski definition) is 1. The van der Waals surface area contributed by atoms with E-state index in [0.29, 0.717) is 12.2 Å². The Balaban J connectivity index is 1.49. The third kappa shape index (κ3) is 6.65. The number of pyridine rings is 1. The lowest BCUT2D eigenvalue weighted by Crippen LogP contribution is -2.34. The minimum Gasteiger partial charge on any atom is -0.489 e. The van der Waals surface area contributed by atoms with Gasteiger partial charge in [-0.15, -0.1) is 0 Å². The van der Waals surface area contributed by atoms with Crippen molar-refractivity contribution in [3.8, 4) is 5.75 Å². The van der Waals surface area contributed by atoms with Gasteiger partial charge in [0.2, 0.25) is 0 Å². The largest absolute Gasteiger partial charge is 0.489 e. The number of nitrogens with zero attached hydrogens (tertiary/aromatic N) is 4. The molecule has 3 rings (SSSR count). The zero-order valence-electron chi connectivity index (χ0n) is 16.7. The Morgan fingerprint density at radius 2 is 2.00 bits per heavy atom. The van der Waals surface area contributed by atoms with Gasteiger partial charge in [-0.1, -0.05) is 18.2 Å². The summed E-state index contributed by atoms with van der Waals surface area (Å²) in [6.07, 6.45) is 6.57. The maximum absolute atomic E-state index is 12.1. The Morgan fingerprint density at radius 3 is 2.76 bits per heavy atom. The molecule has 7 heteroatoms. The molecule has 7 nitrogen and oxygen atoms in total. The summed E-state index contributed by atoms with van der Waals surface area (Å²) in [7, 11) is 2.04. The van der Waals surface area contributed by atoms with E-state index in [1.807, 2.05) is 32.2 Å². The molecule has 3 aromatic rings. The van der Waals surface area contributed by atoms with Crippen molar-refractivity contribution in [2.75, 3.05) is 13.6 Å². The summed E-state index contributed by atoms with van der Waals surface area (Å²) in [6.45, 7) is 3.80. The van der Waals surface area contributed by atoms with E-state index in [9.17, 15) is 4.79 Å². The summed E-state index contributed by atoms with van der Waals surface area (Å²) in [4.78, 5) is 26.7. The lowest BCUT2D eigenvalue weighted by molar-refractivity contribution is 0.0927. The zero-order valence-corrected chi connectivity index (χ0v) is 16.7. The van der Waals surface area contributed by atoms with Crippen molar-refractivity contribution in [1.82, 2.24) is 25.2 Å². The second-order valence-corrected chi connectivity index (χ2v) is 6.87. The van der Waals surface area contributed by atoms with Crippen LogP contribution in [0, 0.1) is 0 Å². The summed E-state index contributed by atoms with van der Waals surface area (Å²) in [5, 5.41) is 2.85. The Morgan fingerprint density at radius 1 is 1.10 bits per heavy atom. The second kappa shape index (κ2) is 10.3. The fraction of sp³-hybridized carbons (Fsp3) is 0.273. The van der Waals surface area contributed by atoms with Crippen molar-refractivity contribution < 1.29 is 9.53 Å². The Hall–Kier alpha value is -3.32. The van der Waals surface area contributed by atoms with E-state index in [0.717, 1.165) is 30.1 Å². The highest BCUT2D eigenvalue weighted by Crippen LogP contribution is 2.16. The van der Waals surface area contributed by atoms with Crippen LogP contribution in [0.2, 0.25) is 0 Å². The van der Waals surface area contributed by atoms with Crippen LogP contribution in [0.25, 0.3) is 0 Å². The molecular weight excluding hydrogens is 366 g/mol. The third-order valence-electron chi connectivity index (χ3n) is 4.18. The molecule has 2 heterocycles. The molecular formula is C22H25N5O2. The predicted molar refractivity (Wildman–Crippen MR) is 110 cm³/mol. The molecule has 0 radical (unpaired) electrons. The van der Waals surface area contributed by atoms with E-state index in [1.54, 1.807) is 43.0 Å². The van der Waals surface area contributed by atoms with Crippen LogP contribution in [0.1, 0.15) is 28.7 Å². The minimum absolute atomic E-state index is 0.171. The summed E-state index contributed by atoms with van der Waals surface area (Å²) in [5.41, 5.74) is 2.46. The van der Waals surface area contributed by atoms with E-state index in [4.69, 9.17) is 4.74 Å². The highest BCUT2D eigenvalue weighted by Gasteiger charge is 2.10. The molecule has 1 atom stereocenters. The second-order valence-electron chi connectivity index (χ2n) is 6.87. The fourth-order valence-corrected chi connectivity index (χ4v) is 2.87. The standard InChI is InChI=1S/C22H25N5O2/c1-17(13-26-22(28)21-8-3-4-9-25-21)29-20-7-5-6-18(12-20)15-27(2)16-19-14-23-10-11-24-19/h3-12,14,17H,13,15-16H2,1-2H3,(H,26,28)/t17-/m0/s1. The molecule has 0 spiro atoms. The van der Waals surface area contributed by atoms with Gasteiger partial charge in [-0.2, -0.15) is 0 Å². The molecule has 0 aliphatic heterocycles. The summed E-state index contributed by atoms with van der Waals surface area (Å²) in [5.74, 6) is 0.565. The van der Waals surface area contributed by atoms with Gasteiger partial charge >= 0.3 is 0 Å². The van der Waals surface area contributed by atoms with E-state index in [-0.39, 0.29) is 12.0 Å². The maximum Gasteiger partial charge on any atom is 0.270 e. The molecule has 0 saturated heterocycles. The van der Waals surface area contributed by atoms with E-state index >= 15 is 0 Å². The van der Waals surface area contributed by atoms with Crippen molar-refractivity contribution >= 4 is 5.91 Å². The molecule has 150 valence electrons. The lowest BCUT2D eigenvalue weighted by atomic mass is 10.2. The van der Waals surface area contributed by atoms with Crippen LogP contribution in [0.4, 0.5) is 0 Å². The number of carbonyl (C=O) groups excluding carboxylic acids is 1. The van der Waals surface area contributed by atoms with Crippen LogP contribution in [-0.2, 0) is 13.1 Å². The third-order valence-corrected chi connectivity index (χ3v) is 4.18. The van der Waals surface area contributed by atoms with E-state index < -0.39 is 0 Å². The molecule has 0 fully saturated rings. The van der Waals surface area contributed by atoms with Gasteiger partial charge in [0, 0.05) is 37.9 Å². The first kappa shape index (κ1) is 20.4. The molecule has 1 amide bonds. The summed E-state index contributed by atoms with van der Waals surface area (Å²) in [6, 6.07) is 13.2. The monoisotopic (exact) mass is 391 g/mol. The zero-order chi connectivity index (χ0) is 20.5. The number of ether oxygens (including phenoxy) is 1.